The fourth-order valence-electron chi connectivity index (χ4n) is 2.84. The first-order valence-electron chi connectivity index (χ1n) is 8.54. The van der Waals surface area contributed by atoms with Gasteiger partial charge in [0.25, 0.3) is 0 Å². The summed E-state index contributed by atoms with van der Waals surface area (Å²) in [6.45, 7) is 1.53. The molecule has 7 heteroatoms. The van der Waals surface area contributed by atoms with E-state index in [1.165, 1.54) is 6.92 Å². The molecular formula is C18H27O6P. The van der Waals surface area contributed by atoms with Crippen molar-refractivity contribution < 1.29 is 29.3 Å². The Morgan fingerprint density at radius 1 is 1.04 bits per heavy atom. The fraction of sp³-hybridized carbons (Fsp3) is 0.556. The van der Waals surface area contributed by atoms with Crippen molar-refractivity contribution in [2.24, 2.45) is 5.92 Å². The van der Waals surface area contributed by atoms with E-state index in [1.807, 2.05) is 6.07 Å². The molecule has 3 N–H and O–H groups in total. The molecule has 0 saturated heterocycles. The normalized spacial score (nSPS) is 15.9. The zero-order valence-corrected chi connectivity index (χ0v) is 15.4. The van der Waals surface area contributed by atoms with Crippen LogP contribution in [-0.2, 0) is 20.3 Å². The van der Waals surface area contributed by atoms with Crippen LogP contribution in [-0.4, -0.2) is 32.7 Å². The number of carboxylic acids is 2. The minimum Gasteiger partial charge on any atom is -0.481 e. The van der Waals surface area contributed by atoms with E-state index in [0.717, 1.165) is 12.0 Å². The van der Waals surface area contributed by atoms with E-state index in [2.05, 4.69) is 0 Å². The van der Waals surface area contributed by atoms with Crippen LogP contribution in [0.5, 0.6) is 0 Å². The summed E-state index contributed by atoms with van der Waals surface area (Å²) in [7, 11) is -3.65. The highest BCUT2D eigenvalue weighted by atomic mass is 31.2. The van der Waals surface area contributed by atoms with E-state index in [-0.39, 0.29) is 12.6 Å². The summed E-state index contributed by atoms with van der Waals surface area (Å²) in [5.74, 6) is -2.77. The molecule has 1 aromatic carbocycles. The summed E-state index contributed by atoms with van der Waals surface area (Å²) in [5, 5.41) is 18.0. The van der Waals surface area contributed by atoms with Gasteiger partial charge in [0.05, 0.1) is 5.92 Å². The number of carboxylic acid groups (broad SMARTS) is 2. The van der Waals surface area contributed by atoms with Crippen LogP contribution in [0.15, 0.2) is 30.3 Å². The molecule has 0 fully saturated rings. The smallest absolute Gasteiger partial charge is 0.307 e. The van der Waals surface area contributed by atoms with E-state index in [4.69, 9.17) is 5.11 Å². The maximum atomic E-state index is 12.7. The number of benzene rings is 1. The van der Waals surface area contributed by atoms with Gasteiger partial charge in [0, 0.05) is 18.2 Å². The van der Waals surface area contributed by atoms with E-state index in [0.29, 0.717) is 25.7 Å². The second-order valence-electron chi connectivity index (χ2n) is 6.43. The first kappa shape index (κ1) is 21.4. The third-order valence-corrected chi connectivity index (χ3v) is 6.89. The summed E-state index contributed by atoms with van der Waals surface area (Å²) in [6.07, 6.45) is 3.01. The predicted octanol–water partition coefficient (Wildman–Crippen LogP) is 3.97. The maximum Gasteiger partial charge on any atom is 0.307 e. The average Bonchev–Trinajstić information content (AvgIpc) is 2.53. The molecule has 140 valence electrons. The van der Waals surface area contributed by atoms with Crippen molar-refractivity contribution in [2.75, 3.05) is 0 Å². The monoisotopic (exact) mass is 370 g/mol. The molecule has 0 amide bonds. The molecule has 0 saturated carbocycles. The van der Waals surface area contributed by atoms with E-state index >= 15 is 0 Å². The van der Waals surface area contributed by atoms with Crippen LogP contribution < -0.4 is 0 Å². The molecule has 1 rings (SSSR count). The second kappa shape index (κ2) is 10.4. The molecule has 6 nitrogen and oxygen atoms in total. The van der Waals surface area contributed by atoms with Gasteiger partial charge in [-0.25, -0.2) is 0 Å². The lowest BCUT2D eigenvalue weighted by Crippen LogP contribution is -2.26. The molecule has 0 heterocycles. The lowest BCUT2D eigenvalue weighted by Gasteiger charge is -2.25. The summed E-state index contributed by atoms with van der Waals surface area (Å²) in [4.78, 5) is 32.4. The molecule has 0 radical (unpaired) electrons. The summed E-state index contributed by atoms with van der Waals surface area (Å²) >= 11 is 0. The van der Waals surface area contributed by atoms with Crippen molar-refractivity contribution in [3.05, 3.63) is 35.9 Å². The van der Waals surface area contributed by atoms with E-state index in [1.54, 1.807) is 24.3 Å². The van der Waals surface area contributed by atoms with Crippen molar-refractivity contribution >= 4 is 19.3 Å². The van der Waals surface area contributed by atoms with Gasteiger partial charge in [-0.05, 0) is 18.4 Å². The Kier molecular flexibility index (Phi) is 8.87. The van der Waals surface area contributed by atoms with Gasteiger partial charge in [0.1, 0.15) is 0 Å². The highest BCUT2D eigenvalue weighted by Crippen LogP contribution is 2.53. The number of aliphatic carboxylic acids is 2. The molecule has 0 aliphatic carbocycles. The fourth-order valence-corrected chi connectivity index (χ4v) is 4.70. The topological polar surface area (TPSA) is 112 Å². The van der Waals surface area contributed by atoms with Gasteiger partial charge in [-0.1, -0.05) is 56.5 Å². The third-order valence-electron chi connectivity index (χ3n) is 4.44. The summed E-state index contributed by atoms with van der Waals surface area (Å²) in [5.41, 5.74) is -0.109. The van der Waals surface area contributed by atoms with Gasteiger partial charge < -0.3 is 15.1 Å². The molecule has 0 aliphatic heterocycles. The molecule has 3 unspecified atom stereocenters. The molecule has 0 aromatic heterocycles. The van der Waals surface area contributed by atoms with Crippen molar-refractivity contribution in [3.8, 4) is 0 Å². The minimum atomic E-state index is -3.65. The number of hydrogen-bond donors (Lipinski definition) is 3. The van der Waals surface area contributed by atoms with Crippen LogP contribution in [0.2, 0.25) is 0 Å². The second-order valence-corrected chi connectivity index (χ2v) is 9.07. The van der Waals surface area contributed by atoms with Crippen LogP contribution in [0.1, 0.15) is 51.0 Å². The Balaban J connectivity index is 2.57. The van der Waals surface area contributed by atoms with Gasteiger partial charge in [-0.15, -0.1) is 0 Å². The van der Waals surface area contributed by atoms with E-state index < -0.39 is 30.9 Å². The van der Waals surface area contributed by atoms with Gasteiger partial charge >= 0.3 is 11.9 Å². The molecule has 3 atom stereocenters. The SMILES string of the molecule is CC(C(CCCCCCC(=O)O)C(=O)O)P(=O)(O)Cc1ccccc1. The minimum absolute atomic E-state index is 0.0304. The number of unbranched alkanes of at least 4 members (excludes halogenated alkanes) is 3. The Morgan fingerprint density at radius 3 is 2.20 bits per heavy atom. The van der Waals surface area contributed by atoms with Gasteiger partial charge in [-0.3, -0.25) is 14.2 Å². The Morgan fingerprint density at radius 2 is 1.64 bits per heavy atom. The molecular weight excluding hydrogens is 343 g/mol. The number of carbonyl (C=O) groups is 2. The number of hydrogen-bond acceptors (Lipinski definition) is 3. The lowest BCUT2D eigenvalue weighted by molar-refractivity contribution is -0.142. The van der Waals surface area contributed by atoms with Gasteiger partial charge in [-0.2, -0.15) is 0 Å². The van der Waals surface area contributed by atoms with Crippen molar-refractivity contribution in [3.63, 3.8) is 0 Å². The van der Waals surface area contributed by atoms with Crippen molar-refractivity contribution in [2.45, 2.75) is 57.3 Å². The van der Waals surface area contributed by atoms with E-state index in [9.17, 15) is 24.2 Å². The third kappa shape index (κ3) is 7.84. The Labute approximate surface area is 148 Å². The van der Waals surface area contributed by atoms with Crippen molar-refractivity contribution in [1.29, 1.82) is 0 Å². The first-order valence-corrected chi connectivity index (χ1v) is 10.5. The molecule has 25 heavy (non-hydrogen) atoms. The highest BCUT2D eigenvalue weighted by Gasteiger charge is 2.37. The van der Waals surface area contributed by atoms with Crippen LogP contribution in [0.4, 0.5) is 0 Å². The Hall–Kier alpha value is -1.65. The molecule has 1 aromatic rings. The Bertz CT molecular complexity index is 601. The zero-order chi connectivity index (χ0) is 18.9. The van der Waals surface area contributed by atoms with Gasteiger partial charge in [0.15, 0.2) is 0 Å². The zero-order valence-electron chi connectivity index (χ0n) is 14.5. The molecule has 0 aliphatic rings. The maximum absolute atomic E-state index is 12.7. The van der Waals surface area contributed by atoms with Crippen LogP contribution in [0, 0.1) is 5.92 Å². The van der Waals surface area contributed by atoms with Crippen molar-refractivity contribution in [1.82, 2.24) is 0 Å². The average molecular weight is 370 g/mol. The molecule has 0 bridgehead atoms. The predicted molar refractivity (Wildman–Crippen MR) is 95.9 cm³/mol. The van der Waals surface area contributed by atoms with Crippen LogP contribution in [0.3, 0.4) is 0 Å². The first-order chi connectivity index (χ1) is 11.7. The summed E-state index contributed by atoms with van der Waals surface area (Å²) in [6, 6.07) is 8.90. The van der Waals surface area contributed by atoms with Crippen LogP contribution in [0.25, 0.3) is 0 Å². The summed E-state index contributed by atoms with van der Waals surface area (Å²) < 4.78 is 12.7. The van der Waals surface area contributed by atoms with Gasteiger partial charge in [0.2, 0.25) is 7.37 Å². The number of rotatable bonds is 12. The quantitative estimate of drug-likeness (QED) is 0.379. The standard InChI is InChI=1S/C18H27O6P/c1-14(25(23,24)13-15-9-5-4-6-10-15)16(18(21)22)11-7-2-3-8-12-17(19)20/h4-6,9-10,14,16H,2-3,7-8,11-13H2,1H3,(H,19,20)(H,21,22)(H,23,24). The highest BCUT2D eigenvalue weighted by molar-refractivity contribution is 7.58. The lowest BCUT2D eigenvalue weighted by atomic mass is 9.98. The largest absolute Gasteiger partial charge is 0.481 e. The van der Waals surface area contributed by atoms with Crippen LogP contribution >= 0.6 is 7.37 Å². The molecule has 0 spiro atoms.